The quantitative estimate of drug-likeness (QED) is 0.574. The predicted molar refractivity (Wildman–Crippen MR) is 110 cm³/mol. The van der Waals surface area contributed by atoms with E-state index in [4.69, 9.17) is 34.8 Å². The van der Waals surface area contributed by atoms with Crippen LogP contribution >= 0.6 is 34.8 Å². The number of nitrogens with zero attached hydrogens (tertiary/aromatic N) is 2. The second-order valence-corrected chi connectivity index (χ2v) is 7.45. The highest BCUT2D eigenvalue weighted by atomic mass is 35.5. The molecule has 0 radical (unpaired) electrons. The average molecular weight is 423 g/mol. The molecule has 1 atom stereocenters. The molecule has 3 rings (SSSR count). The van der Waals surface area contributed by atoms with Gasteiger partial charge in [0.25, 0.3) is 5.91 Å². The van der Waals surface area contributed by atoms with E-state index in [1.807, 2.05) is 43.3 Å². The molecule has 0 aliphatic rings. The van der Waals surface area contributed by atoms with E-state index in [9.17, 15) is 4.79 Å². The van der Waals surface area contributed by atoms with Crippen molar-refractivity contribution < 1.29 is 4.79 Å². The molecule has 0 bridgehead atoms. The summed E-state index contributed by atoms with van der Waals surface area (Å²) in [5.74, 6) is -0.282. The fourth-order valence-electron chi connectivity index (χ4n) is 2.83. The van der Waals surface area contributed by atoms with Gasteiger partial charge < -0.3 is 5.32 Å². The maximum absolute atomic E-state index is 12.8. The van der Waals surface area contributed by atoms with E-state index in [1.54, 1.807) is 23.7 Å². The van der Waals surface area contributed by atoms with Crippen LogP contribution in [0.2, 0.25) is 15.2 Å². The van der Waals surface area contributed by atoms with Crippen LogP contribution < -0.4 is 5.32 Å². The molecule has 1 N–H and O–H groups in total. The first-order valence-corrected chi connectivity index (χ1v) is 9.53. The van der Waals surface area contributed by atoms with E-state index in [-0.39, 0.29) is 17.1 Å². The van der Waals surface area contributed by atoms with E-state index in [0.29, 0.717) is 27.8 Å². The van der Waals surface area contributed by atoms with Gasteiger partial charge in [0.15, 0.2) is 0 Å². The van der Waals surface area contributed by atoms with Crippen LogP contribution in [0.1, 0.15) is 40.1 Å². The summed E-state index contributed by atoms with van der Waals surface area (Å²) in [5.41, 5.74) is 2.70. The molecule has 0 fully saturated rings. The zero-order valence-corrected chi connectivity index (χ0v) is 17.1. The smallest absolute Gasteiger partial charge is 0.256 e. The van der Waals surface area contributed by atoms with E-state index in [0.717, 1.165) is 11.1 Å². The summed E-state index contributed by atoms with van der Waals surface area (Å²) in [6, 6.07) is 14.6. The normalized spacial score (nSPS) is 12.0. The first kappa shape index (κ1) is 19.7. The van der Waals surface area contributed by atoms with Gasteiger partial charge in [-0.3, -0.25) is 4.79 Å². The summed E-state index contributed by atoms with van der Waals surface area (Å²) in [4.78, 5) is 12.8. The summed E-state index contributed by atoms with van der Waals surface area (Å²) in [6.45, 7) is 4.03. The summed E-state index contributed by atoms with van der Waals surface area (Å²) in [7, 11) is 0. The molecule has 0 saturated heterocycles. The molecule has 2 aromatic carbocycles. The largest absolute Gasteiger partial charge is 0.345 e. The van der Waals surface area contributed by atoms with Gasteiger partial charge in [0, 0.05) is 10.0 Å². The van der Waals surface area contributed by atoms with E-state index in [1.165, 1.54) is 0 Å². The number of carbonyl (C=O) groups is 1. The van der Waals surface area contributed by atoms with Crippen molar-refractivity contribution in [1.82, 2.24) is 15.1 Å². The van der Waals surface area contributed by atoms with Gasteiger partial charge in [-0.05, 0) is 43.2 Å². The zero-order chi connectivity index (χ0) is 19.6. The first-order chi connectivity index (χ1) is 12.9. The summed E-state index contributed by atoms with van der Waals surface area (Å²) in [6.07, 6.45) is 0. The Morgan fingerprint density at radius 3 is 2.59 bits per heavy atom. The Morgan fingerprint density at radius 2 is 1.89 bits per heavy atom. The molecule has 27 heavy (non-hydrogen) atoms. The Morgan fingerprint density at radius 1 is 1.15 bits per heavy atom. The molecule has 140 valence electrons. The van der Waals surface area contributed by atoms with Crippen molar-refractivity contribution in [3.63, 3.8) is 0 Å². The van der Waals surface area contributed by atoms with Crippen LogP contribution in [0.4, 0.5) is 0 Å². The second kappa shape index (κ2) is 8.34. The predicted octanol–water partition coefficient (Wildman–Crippen LogP) is 5.69. The van der Waals surface area contributed by atoms with Gasteiger partial charge in [-0.15, -0.1) is 0 Å². The third kappa shape index (κ3) is 4.46. The number of hydrogen-bond acceptors (Lipinski definition) is 2. The Labute approximate surface area is 173 Å². The number of nitrogens with one attached hydrogen (secondary N) is 1. The minimum atomic E-state index is -0.282. The van der Waals surface area contributed by atoms with E-state index < -0.39 is 0 Å². The van der Waals surface area contributed by atoms with Gasteiger partial charge in [0.1, 0.15) is 5.15 Å². The van der Waals surface area contributed by atoms with Crippen molar-refractivity contribution in [2.24, 2.45) is 0 Å². The third-order valence-corrected chi connectivity index (χ3v) is 5.25. The molecule has 3 aromatic rings. The van der Waals surface area contributed by atoms with E-state index in [2.05, 4.69) is 10.4 Å². The number of rotatable bonds is 5. The Hall–Kier alpha value is -2.01. The summed E-state index contributed by atoms with van der Waals surface area (Å²) in [5, 5.41) is 8.88. The molecule has 4 nitrogen and oxygen atoms in total. The van der Waals surface area contributed by atoms with Crippen LogP contribution in [0, 0.1) is 6.92 Å². The molecule has 1 amide bonds. The number of hydrogen-bond donors (Lipinski definition) is 1. The maximum Gasteiger partial charge on any atom is 0.256 e. The van der Waals surface area contributed by atoms with Crippen molar-refractivity contribution in [2.75, 3.05) is 0 Å². The van der Waals surface area contributed by atoms with Gasteiger partial charge in [0.2, 0.25) is 0 Å². The minimum absolute atomic E-state index is 0.224. The molecule has 1 aromatic heterocycles. The number of aryl methyl sites for hydroxylation is 1. The third-order valence-electron chi connectivity index (χ3n) is 4.27. The first-order valence-electron chi connectivity index (χ1n) is 8.39. The van der Waals surface area contributed by atoms with Crippen molar-refractivity contribution in [1.29, 1.82) is 0 Å². The molecular formula is C20H18Cl3N3O. The van der Waals surface area contributed by atoms with Crippen molar-refractivity contribution >= 4 is 40.7 Å². The number of amides is 1. The van der Waals surface area contributed by atoms with Gasteiger partial charge in [0.05, 0.1) is 23.8 Å². The number of aromatic nitrogens is 2. The lowest BCUT2D eigenvalue weighted by Crippen LogP contribution is -2.27. The monoisotopic (exact) mass is 421 g/mol. The van der Waals surface area contributed by atoms with Gasteiger partial charge >= 0.3 is 0 Å². The zero-order valence-electron chi connectivity index (χ0n) is 14.8. The fourth-order valence-corrected chi connectivity index (χ4v) is 3.55. The topological polar surface area (TPSA) is 46.9 Å². The Bertz CT molecular complexity index is 984. The highest BCUT2D eigenvalue weighted by Gasteiger charge is 2.22. The van der Waals surface area contributed by atoms with E-state index >= 15 is 0 Å². The summed E-state index contributed by atoms with van der Waals surface area (Å²) < 4.78 is 1.58. The fraction of sp³-hybridized carbons (Fsp3) is 0.200. The Kier molecular flexibility index (Phi) is 6.10. The van der Waals surface area contributed by atoms with Crippen LogP contribution in [-0.4, -0.2) is 15.7 Å². The second-order valence-electron chi connectivity index (χ2n) is 6.25. The lowest BCUT2D eigenvalue weighted by molar-refractivity contribution is 0.0939. The molecule has 0 aliphatic heterocycles. The summed E-state index contributed by atoms with van der Waals surface area (Å²) >= 11 is 18.7. The molecule has 7 heteroatoms. The molecule has 0 spiro atoms. The SMILES string of the molecule is Cc1nn(Cc2ccccc2Cl)c(Cl)c1C(=O)NC(C)c1cccc(Cl)c1. The molecule has 0 aliphatic carbocycles. The molecule has 0 saturated carbocycles. The van der Waals surface area contributed by atoms with Crippen LogP contribution in [-0.2, 0) is 6.54 Å². The lowest BCUT2D eigenvalue weighted by Gasteiger charge is -2.14. The highest BCUT2D eigenvalue weighted by molar-refractivity contribution is 6.33. The Balaban J connectivity index is 1.81. The highest BCUT2D eigenvalue weighted by Crippen LogP contribution is 2.24. The van der Waals surface area contributed by atoms with Gasteiger partial charge in [-0.1, -0.05) is 65.1 Å². The van der Waals surface area contributed by atoms with Gasteiger partial charge in [-0.2, -0.15) is 5.10 Å². The van der Waals surface area contributed by atoms with Crippen molar-refractivity contribution in [2.45, 2.75) is 26.4 Å². The van der Waals surface area contributed by atoms with Gasteiger partial charge in [-0.25, -0.2) is 4.68 Å². The van der Waals surface area contributed by atoms with Crippen LogP contribution in [0.3, 0.4) is 0 Å². The molecular weight excluding hydrogens is 405 g/mol. The standard InChI is InChI=1S/C20H18Cl3N3O/c1-12(14-7-5-8-16(21)10-14)24-20(27)18-13(2)25-26(19(18)23)11-15-6-3-4-9-17(15)22/h3-10,12H,11H2,1-2H3,(H,24,27). The number of carbonyl (C=O) groups excluding carboxylic acids is 1. The average Bonchev–Trinajstić information content (AvgIpc) is 2.90. The maximum atomic E-state index is 12.8. The van der Waals surface area contributed by atoms with Crippen molar-refractivity contribution in [3.8, 4) is 0 Å². The van der Waals surface area contributed by atoms with Crippen molar-refractivity contribution in [3.05, 3.63) is 86.1 Å². The molecule has 1 heterocycles. The lowest BCUT2D eigenvalue weighted by atomic mass is 10.1. The minimum Gasteiger partial charge on any atom is -0.345 e. The van der Waals surface area contributed by atoms with Crippen LogP contribution in [0.15, 0.2) is 48.5 Å². The number of halogens is 3. The van der Waals surface area contributed by atoms with Crippen LogP contribution in [0.5, 0.6) is 0 Å². The van der Waals surface area contributed by atoms with Crippen LogP contribution in [0.25, 0.3) is 0 Å². The molecule has 1 unspecified atom stereocenters. The number of benzene rings is 2.